The number of carboxylic acid groups (broad SMARTS) is 1. The molecule has 188 valence electrons. The van der Waals surface area contributed by atoms with Gasteiger partial charge < -0.3 is 26.8 Å². The van der Waals surface area contributed by atoms with Crippen LogP contribution in [0.15, 0.2) is 18.5 Å². The minimum Gasteiger partial charge on any atom is -0.475 e. The van der Waals surface area contributed by atoms with Crippen molar-refractivity contribution in [2.75, 3.05) is 18.4 Å². The van der Waals surface area contributed by atoms with Crippen LogP contribution < -0.4 is 21.7 Å². The molecule has 3 rings (SSSR count). The first-order valence-electron chi connectivity index (χ1n) is 10.4. The van der Waals surface area contributed by atoms with Crippen molar-refractivity contribution in [3.05, 3.63) is 33.8 Å². The Morgan fingerprint density at radius 1 is 1.32 bits per heavy atom. The second-order valence-corrected chi connectivity index (χ2v) is 8.78. The zero-order valence-electron chi connectivity index (χ0n) is 18.4. The molecule has 1 aliphatic heterocycles. The highest BCUT2D eigenvalue weighted by Crippen LogP contribution is 2.28. The van der Waals surface area contributed by atoms with Crippen LogP contribution in [0, 0.1) is 0 Å². The summed E-state index contributed by atoms with van der Waals surface area (Å²) in [7, 11) is 1.88. The molecular weight excluding hydrogens is 477 g/mol. The van der Waals surface area contributed by atoms with Crippen LogP contribution in [-0.2, 0) is 24.7 Å². The molecule has 0 radical (unpaired) electrons. The Bertz CT molecular complexity index is 983. The smallest absolute Gasteiger partial charge is 0.475 e. The number of carbonyl (C=O) groups excluding carboxylic acids is 2. The van der Waals surface area contributed by atoms with Gasteiger partial charge in [-0.2, -0.15) is 18.3 Å². The van der Waals surface area contributed by atoms with Crippen molar-refractivity contribution in [1.29, 1.82) is 0 Å². The SMILES string of the molecule is Cn1cc(CCc2cc(NC(N)=O)c(C(=O)N[C@H]3CCCCNC3)s2)cn1.O=C(O)C(F)(F)F. The third-order valence-electron chi connectivity index (χ3n) is 4.79. The summed E-state index contributed by atoms with van der Waals surface area (Å²) in [5.41, 5.74) is 6.89. The normalized spacial score (nSPS) is 16.1. The lowest BCUT2D eigenvalue weighted by atomic mass is 10.1. The number of rotatable bonds is 6. The summed E-state index contributed by atoms with van der Waals surface area (Å²) in [6.45, 7) is 1.75. The summed E-state index contributed by atoms with van der Waals surface area (Å²) >= 11 is 1.40. The van der Waals surface area contributed by atoms with Crippen LogP contribution in [0.25, 0.3) is 0 Å². The maximum atomic E-state index is 12.8. The molecule has 2 aromatic rings. The maximum Gasteiger partial charge on any atom is 0.490 e. The van der Waals surface area contributed by atoms with Gasteiger partial charge in [-0.05, 0) is 43.9 Å². The number of halogens is 3. The number of aliphatic carboxylic acids is 1. The molecule has 0 aromatic carbocycles. The molecule has 10 nitrogen and oxygen atoms in total. The van der Waals surface area contributed by atoms with Crippen LogP contribution >= 0.6 is 11.3 Å². The van der Waals surface area contributed by atoms with Crippen molar-refractivity contribution >= 4 is 34.9 Å². The second-order valence-electron chi connectivity index (χ2n) is 7.64. The van der Waals surface area contributed by atoms with E-state index in [1.807, 2.05) is 25.5 Å². The molecule has 0 spiro atoms. The molecule has 0 aliphatic carbocycles. The summed E-state index contributed by atoms with van der Waals surface area (Å²) < 4.78 is 33.5. The minimum atomic E-state index is -5.08. The van der Waals surface area contributed by atoms with Crippen LogP contribution in [0.4, 0.5) is 23.7 Å². The van der Waals surface area contributed by atoms with Gasteiger partial charge in [0.15, 0.2) is 0 Å². The Balaban J connectivity index is 0.000000509. The predicted molar refractivity (Wildman–Crippen MR) is 120 cm³/mol. The number of nitrogens with one attached hydrogen (secondary N) is 3. The zero-order valence-corrected chi connectivity index (χ0v) is 19.3. The molecule has 0 bridgehead atoms. The number of thiophene rings is 1. The van der Waals surface area contributed by atoms with Crippen LogP contribution in [0.5, 0.6) is 0 Å². The van der Waals surface area contributed by atoms with E-state index < -0.39 is 18.2 Å². The number of aromatic nitrogens is 2. The molecule has 3 amide bonds. The fourth-order valence-corrected chi connectivity index (χ4v) is 4.24. The Morgan fingerprint density at radius 2 is 2.03 bits per heavy atom. The van der Waals surface area contributed by atoms with E-state index >= 15 is 0 Å². The lowest BCUT2D eigenvalue weighted by molar-refractivity contribution is -0.192. The Kier molecular flexibility index (Phi) is 9.86. The van der Waals surface area contributed by atoms with E-state index in [9.17, 15) is 22.8 Å². The van der Waals surface area contributed by atoms with Gasteiger partial charge in [-0.3, -0.25) is 9.48 Å². The molecule has 0 unspecified atom stereocenters. The monoisotopic (exact) mass is 504 g/mol. The number of primary amides is 1. The van der Waals surface area contributed by atoms with E-state index in [1.54, 1.807) is 4.68 Å². The molecule has 1 saturated heterocycles. The minimum absolute atomic E-state index is 0.0994. The molecule has 0 saturated carbocycles. The van der Waals surface area contributed by atoms with Crippen molar-refractivity contribution in [2.24, 2.45) is 12.8 Å². The summed E-state index contributed by atoms with van der Waals surface area (Å²) in [5.74, 6) is -2.92. The van der Waals surface area contributed by atoms with E-state index in [1.165, 1.54) is 11.3 Å². The third-order valence-corrected chi connectivity index (χ3v) is 5.98. The number of carboxylic acids is 1. The standard InChI is InChI=1S/C18H26N6O2S.C2HF3O2/c1-24-11-12(9-21-24)5-6-14-8-15(23-18(19)26)16(27-14)17(25)22-13-4-2-3-7-20-10-13;3-2(4,5)1(6)7/h8-9,11,13,20H,2-7,10H2,1H3,(H,22,25)(H3,19,23,26);(H,6,7)/t13-;/m0./s1. The van der Waals surface area contributed by atoms with Gasteiger partial charge in [0, 0.05) is 30.7 Å². The summed E-state index contributed by atoms with van der Waals surface area (Å²) in [5, 5.41) is 20.3. The molecule has 6 N–H and O–H groups in total. The lowest BCUT2D eigenvalue weighted by Crippen LogP contribution is -2.40. The molecule has 1 aliphatic rings. The number of nitrogens with zero attached hydrogens (tertiary/aromatic N) is 2. The quantitative estimate of drug-likeness (QED) is 0.407. The first-order valence-corrected chi connectivity index (χ1v) is 11.3. The fourth-order valence-electron chi connectivity index (χ4n) is 3.22. The van der Waals surface area contributed by atoms with Gasteiger partial charge in [0.05, 0.1) is 11.9 Å². The average molecular weight is 505 g/mol. The van der Waals surface area contributed by atoms with Gasteiger partial charge in [-0.1, -0.05) is 6.42 Å². The number of alkyl halides is 3. The summed E-state index contributed by atoms with van der Waals surface area (Å²) in [6.07, 6.45) is 3.48. The van der Waals surface area contributed by atoms with Gasteiger partial charge in [0.25, 0.3) is 5.91 Å². The second kappa shape index (κ2) is 12.4. The molecule has 3 heterocycles. The highest BCUT2D eigenvalue weighted by molar-refractivity contribution is 7.14. The Hall–Kier alpha value is -3.13. The number of hydrogen-bond acceptors (Lipinski definition) is 6. The fraction of sp³-hybridized carbons (Fsp3) is 0.500. The average Bonchev–Trinajstić information content (AvgIpc) is 3.24. The van der Waals surface area contributed by atoms with Gasteiger partial charge in [0.1, 0.15) is 4.88 Å². The van der Waals surface area contributed by atoms with Crippen LogP contribution in [0.3, 0.4) is 0 Å². The molecule has 2 aromatic heterocycles. The maximum absolute atomic E-state index is 12.8. The number of aryl methyl sites for hydroxylation is 3. The first-order chi connectivity index (χ1) is 16.0. The number of nitrogens with two attached hydrogens (primary N) is 1. The number of anilines is 1. The topological polar surface area (TPSA) is 151 Å². The third kappa shape index (κ3) is 9.02. The highest BCUT2D eigenvalue weighted by atomic mass is 32.1. The molecular formula is C20H27F3N6O4S. The van der Waals surface area contributed by atoms with Crippen molar-refractivity contribution in [3.8, 4) is 0 Å². The van der Waals surface area contributed by atoms with Crippen molar-refractivity contribution < 1.29 is 32.7 Å². The van der Waals surface area contributed by atoms with Gasteiger partial charge in [-0.15, -0.1) is 11.3 Å². The van der Waals surface area contributed by atoms with Gasteiger partial charge >= 0.3 is 18.2 Å². The van der Waals surface area contributed by atoms with Crippen LogP contribution in [0.1, 0.15) is 39.4 Å². The van der Waals surface area contributed by atoms with E-state index in [0.717, 1.165) is 55.6 Å². The molecule has 1 atom stereocenters. The Morgan fingerprint density at radius 3 is 2.62 bits per heavy atom. The van der Waals surface area contributed by atoms with Gasteiger partial charge in [-0.25, -0.2) is 9.59 Å². The zero-order chi connectivity index (χ0) is 25.3. The van der Waals surface area contributed by atoms with E-state index in [2.05, 4.69) is 21.0 Å². The van der Waals surface area contributed by atoms with Crippen molar-refractivity contribution in [2.45, 2.75) is 44.3 Å². The lowest BCUT2D eigenvalue weighted by Gasteiger charge is -2.16. The number of amides is 3. The van der Waals surface area contributed by atoms with E-state index in [0.29, 0.717) is 10.6 Å². The number of urea groups is 1. The van der Waals surface area contributed by atoms with Crippen LogP contribution in [-0.4, -0.2) is 58.1 Å². The molecule has 1 fully saturated rings. The number of hydrogen-bond donors (Lipinski definition) is 5. The summed E-state index contributed by atoms with van der Waals surface area (Å²) in [6, 6.07) is 1.27. The van der Waals surface area contributed by atoms with Crippen LogP contribution in [0.2, 0.25) is 0 Å². The Labute approximate surface area is 197 Å². The van der Waals surface area contributed by atoms with Gasteiger partial charge in [0.2, 0.25) is 0 Å². The van der Waals surface area contributed by atoms with E-state index in [-0.39, 0.29) is 11.9 Å². The molecule has 34 heavy (non-hydrogen) atoms. The van der Waals surface area contributed by atoms with Crippen molar-refractivity contribution in [1.82, 2.24) is 20.4 Å². The summed E-state index contributed by atoms with van der Waals surface area (Å²) in [4.78, 5) is 34.5. The largest absolute Gasteiger partial charge is 0.490 e. The van der Waals surface area contributed by atoms with Crippen molar-refractivity contribution in [3.63, 3.8) is 0 Å². The highest BCUT2D eigenvalue weighted by Gasteiger charge is 2.38. The van der Waals surface area contributed by atoms with E-state index in [4.69, 9.17) is 15.6 Å². The predicted octanol–water partition coefficient (Wildman–Crippen LogP) is 2.26. The number of carbonyl (C=O) groups is 3. The molecule has 14 heteroatoms. The first kappa shape index (κ1) is 27.1.